The maximum atomic E-state index is 4.94. The van der Waals surface area contributed by atoms with E-state index in [2.05, 4.69) is 78.9 Å². The summed E-state index contributed by atoms with van der Waals surface area (Å²) in [7, 11) is 0. The van der Waals surface area contributed by atoms with Crippen molar-refractivity contribution in [2.75, 3.05) is 17.3 Å². The summed E-state index contributed by atoms with van der Waals surface area (Å²) in [6.45, 7) is 0. The molecule has 0 saturated heterocycles. The normalized spacial score (nSPS) is 31.7. The average molecular weight is 591 g/mol. The molecule has 8 rings (SSSR count). The van der Waals surface area contributed by atoms with Crippen LogP contribution in [0, 0.1) is 16.2 Å². The second-order valence-corrected chi connectivity index (χ2v) is 15.7. The van der Waals surface area contributed by atoms with Crippen molar-refractivity contribution in [3.05, 3.63) is 84.4 Å². The third kappa shape index (κ3) is 4.18. The van der Waals surface area contributed by atoms with Crippen molar-refractivity contribution in [2.45, 2.75) is 43.9 Å². The van der Waals surface area contributed by atoms with Crippen molar-refractivity contribution in [3.63, 3.8) is 0 Å². The molecule has 4 aromatic rings. The van der Waals surface area contributed by atoms with E-state index in [4.69, 9.17) is 37.9 Å². The molecule has 2 heterocycles. The lowest BCUT2D eigenvalue weighted by atomic mass is 9.35. The van der Waals surface area contributed by atoms with Crippen LogP contribution in [0.5, 0.6) is 0 Å². The molecule has 2 aromatic heterocycles. The molecule has 196 valence electrons. The number of hydrogen-bond acceptors (Lipinski definition) is 5. The second-order valence-electron chi connectivity index (χ2n) is 12.6. The van der Waals surface area contributed by atoms with Gasteiger partial charge in [-0.1, -0.05) is 54.6 Å². The Hall–Kier alpha value is -1.11. The Kier molecular flexibility index (Phi) is 6.44. The number of thiophene rings is 2. The average Bonchev–Trinajstić information content (AvgIpc) is 3.64. The SMILES string of the molecule is SCC12CC3(CS)CC(CS)(C1)CC(c1ccc(-c4ccc(-c5ccc(-c6ccccc6)s5)s4)cc1)(C2)C3. The zero-order chi connectivity index (χ0) is 26.0. The molecule has 0 amide bonds. The lowest BCUT2D eigenvalue weighted by molar-refractivity contribution is -0.145. The Morgan fingerprint density at radius 1 is 0.474 bits per heavy atom. The number of hydrogen-bond donors (Lipinski definition) is 3. The Morgan fingerprint density at radius 3 is 1.34 bits per heavy atom. The minimum Gasteiger partial charge on any atom is -0.179 e. The molecule has 5 heteroatoms. The molecule has 2 aromatic carbocycles. The number of thiol groups is 3. The molecular weight excluding hydrogens is 557 g/mol. The number of rotatable bonds is 7. The fourth-order valence-corrected chi connectivity index (χ4v) is 12.1. The summed E-state index contributed by atoms with van der Waals surface area (Å²) in [6, 6.07) is 29.4. The molecule has 4 bridgehead atoms. The Bertz CT molecular complexity index is 1390. The van der Waals surface area contributed by atoms with Crippen molar-refractivity contribution in [2.24, 2.45) is 16.2 Å². The Morgan fingerprint density at radius 2 is 0.895 bits per heavy atom. The Labute approximate surface area is 251 Å². The summed E-state index contributed by atoms with van der Waals surface area (Å²) in [5, 5.41) is 0. The molecule has 0 atom stereocenters. The molecule has 4 aliphatic rings. The van der Waals surface area contributed by atoms with Crippen LogP contribution in [0.3, 0.4) is 0 Å². The predicted octanol–water partition coefficient (Wildman–Crippen LogP) is 10.2. The van der Waals surface area contributed by atoms with Crippen LogP contribution in [0.25, 0.3) is 30.6 Å². The van der Waals surface area contributed by atoms with Crippen molar-refractivity contribution in [3.8, 4) is 30.6 Å². The van der Waals surface area contributed by atoms with Crippen LogP contribution in [-0.2, 0) is 5.41 Å². The van der Waals surface area contributed by atoms with Gasteiger partial charge in [-0.25, -0.2) is 0 Å². The van der Waals surface area contributed by atoms with Gasteiger partial charge in [-0.15, -0.1) is 22.7 Å². The second kappa shape index (κ2) is 9.48. The van der Waals surface area contributed by atoms with Crippen LogP contribution in [0.1, 0.15) is 44.1 Å². The van der Waals surface area contributed by atoms with Gasteiger partial charge in [0.05, 0.1) is 0 Å². The highest BCUT2D eigenvalue weighted by Gasteiger charge is 2.67. The van der Waals surface area contributed by atoms with Crippen LogP contribution in [0.15, 0.2) is 78.9 Å². The fraction of sp³-hybridized carbons (Fsp3) is 0.394. The van der Waals surface area contributed by atoms with Crippen LogP contribution in [-0.4, -0.2) is 17.3 Å². The molecular formula is C33H34S5. The first-order valence-electron chi connectivity index (χ1n) is 13.6. The summed E-state index contributed by atoms with van der Waals surface area (Å²) >= 11 is 18.6. The van der Waals surface area contributed by atoms with E-state index in [1.807, 2.05) is 22.7 Å². The van der Waals surface area contributed by atoms with Gasteiger partial charge < -0.3 is 0 Å². The van der Waals surface area contributed by atoms with Gasteiger partial charge >= 0.3 is 0 Å². The highest BCUT2D eigenvalue weighted by Crippen LogP contribution is 2.74. The van der Waals surface area contributed by atoms with Crippen molar-refractivity contribution >= 4 is 60.6 Å². The zero-order valence-electron chi connectivity index (χ0n) is 21.5. The van der Waals surface area contributed by atoms with E-state index in [0.29, 0.717) is 16.2 Å². The van der Waals surface area contributed by atoms with E-state index in [-0.39, 0.29) is 5.41 Å². The quantitative estimate of drug-likeness (QED) is 0.175. The molecule has 4 aliphatic carbocycles. The van der Waals surface area contributed by atoms with E-state index < -0.39 is 0 Å². The summed E-state index contributed by atoms with van der Waals surface area (Å²) in [6.07, 6.45) is 7.73. The van der Waals surface area contributed by atoms with Crippen LogP contribution in [0.4, 0.5) is 0 Å². The molecule has 0 radical (unpaired) electrons. The van der Waals surface area contributed by atoms with Gasteiger partial charge in [0.15, 0.2) is 0 Å². The highest BCUT2D eigenvalue weighted by molar-refractivity contribution is 7.80. The van der Waals surface area contributed by atoms with Gasteiger partial charge in [0, 0.05) is 19.5 Å². The first kappa shape index (κ1) is 25.8. The monoisotopic (exact) mass is 590 g/mol. The van der Waals surface area contributed by atoms with Crippen molar-refractivity contribution in [1.82, 2.24) is 0 Å². The molecule has 0 aliphatic heterocycles. The lowest BCUT2D eigenvalue weighted by Gasteiger charge is -2.71. The smallest absolute Gasteiger partial charge is 0.0449 e. The van der Waals surface area contributed by atoms with E-state index in [9.17, 15) is 0 Å². The van der Waals surface area contributed by atoms with Gasteiger partial charge in [0.1, 0.15) is 0 Å². The van der Waals surface area contributed by atoms with E-state index in [0.717, 1.165) is 17.3 Å². The molecule has 0 N–H and O–H groups in total. The zero-order valence-corrected chi connectivity index (χ0v) is 25.8. The van der Waals surface area contributed by atoms with Gasteiger partial charge in [-0.05, 0) is 118 Å². The number of benzene rings is 2. The molecule has 0 spiro atoms. The summed E-state index contributed by atoms with van der Waals surface area (Å²) in [5.74, 6) is 2.97. The molecule has 0 unspecified atom stereocenters. The summed E-state index contributed by atoms with van der Waals surface area (Å²) < 4.78 is 0. The van der Waals surface area contributed by atoms with Gasteiger partial charge in [-0.2, -0.15) is 37.9 Å². The van der Waals surface area contributed by atoms with Gasteiger partial charge in [-0.3, -0.25) is 0 Å². The minimum atomic E-state index is 0.243. The first-order valence-corrected chi connectivity index (χ1v) is 17.2. The standard InChI is InChI=1S/C33H34S5/c34-20-30-14-31(21-35)16-32(15-30,22-36)19-33(17-30,18-31)25-8-6-24(7-9-25)27-11-13-29(38-27)28-12-10-26(37-28)23-4-2-1-3-5-23/h1-13,34-36H,14-22H2. The first-order chi connectivity index (χ1) is 18.4. The lowest BCUT2D eigenvalue weighted by Crippen LogP contribution is -2.64. The van der Waals surface area contributed by atoms with Crippen molar-refractivity contribution < 1.29 is 0 Å². The maximum absolute atomic E-state index is 4.94. The van der Waals surface area contributed by atoms with Crippen molar-refractivity contribution in [1.29, 1.82) is 0 Å². The van der Waals surface area contributed by atoms with Crippen LogP contribution in [0.2, 0.25) is 0 Å². The van der Waals surface area contributed by atoms with Gasteiger partial charge in [0.25, 0.3) is 0 Å². The largest absolute Gasteiger partial charge is 0.179 e. The predicted molar refractivity (Wildman–Crippen MR) is 177 cm³/mol. The fourth-order valence-electron chi connectivity index (χ4n) is 8.94. The third-order valence-electron chi connectivity index (χ3n) is 9.69. The van der Waals surface area contributed by atoms with E-state index in [1.165, 1.54) is 74.7 Å². The van der Waals surface area contributed by atoms with Crippen LogP contribution < -0.4 is 0 Å². The highest BCUT2D eigenvalue weighted by atomic mass is 32.1. The third-order valence-corrected chi connectivity index (χ3v) is 14.2. The maximum Gasteiger partial charge on any atom is 0.0449 e. The van der Waals surface area contributed by atoms with Crippen LogP contribution >= 0.6 is 60.6 Å². The topological polar surface area (TPSA) is 0 Å². The summed E-state index contributed by atoms with van der Waals surface area (Å²) in [4.78, 5) is 5.36. The molecule has 0 nitrogen and oxygen atoms in total. The molecule has 38 heavy (non-hydrogen) atoms. The van der Waals surface area contributed by atoms with E-state index >= 15 is 0 Å². The molecule has 4 fully saturated rings. The molecule has 4 saturated carbocycles. The minimum absolute atomic E-state index is 0.243. The van der Waals surface area contributed by atoms with Gasteiger partial charge in [0.2, 0.25) is 0 Å². The van der Waals surface area contributed by atoms with E-state index in [1.54, 1.807) is 0 Å². The summed E-state index contributed by atoms with van der Waals surface area (Å²) in [5.41, 5.74) is 5.41. The Balaban J connectivity index is 1.18.